The number of nitrogens with zero attached hydrogens (tertiary/aromatic N) is 4. The van der Waals surface area contributed by atoms with Crippen LogP contribution in [0.4, 0.5) is 5.82 Å². The van der Waals surface area contributed by atoms with Crippen LogP contribution in [0, 0.1) is 0 Å². The second kappa shape index (κ2) is 9.96. The highest BCUT2D eigenvalue weighted by molar-refractivity contribution is 5.92. The number of carbonyl (C=O) groups is 1. The number of amides is 1. The standard InChI is InChI=1S/C25H26N4O3/c1-31-21-16-19(17-22(18-21)32-2)8-9-24(30)29-14-12-28(13-15-29)23-10-11-26-25(27-23)20-6-4-3-5-7-20/h3-11,16-18H,12-15H2,1-2H3/b9-8+. The summed E-state index contributed by atoms with van der Waals surface area (Å²) in [7, 11) is 3.21. The summed E-state index contributed by atoms with van der Waals surface area (Å²) in [4.78, 5) is 25.9. The normalized spacial score (nSPS) is 13.9. The van der Waals surface area contributed by atoms with Gasteiger partial charge < -0.3 is 19.3 Å². The topological polar surface area (TPSA) is 67.8 Å². The van der Waals surface area contributed by atoms with Crippen LogP contribution in [0.1, 0.15) is 5.56 Å². The number of hydrogen-bond acceptors (Lipinski definition) is 6. The van der Waals surface area contributed by atoms with Crippen molar-refractivity contribution in [3.8, 4) is 22.9 Å². The summed E-state index contributed by atoms with van der Waals surface area (Å²) in [6.45, 7) is 2.71. The lowest BCUT2D eigenvalue weighted by atomic mass is 10.1. The van der Waals surface area contributed by atoms with E-state index in [9.17, 15) is 4.79 Å². The molecule has 1 fully saturated rings. The monoisotopic (exact) mass is 430 g/mol. The third-order valence-corrected chi connectivity index (χ3v) is 5.38. The fourth-order valence-corrected chi connectivity index (χ4v) is 3.61. The highest BCUT2D eigenvalue weighted by atomic mass is 16.5. The molecule has 0 radical (unpaired) electrons. The van der Waals surface area contributed by atoms with E-state index in [2.05, 4.69) is 9.88 Å². The maximum Gasteiger partial charge on any atom is 0.246 e. The Morgan fingerprint density at radius 2 is 1.62 bits per heavy atom. The van der Waals surface area contributed by atoms with E-state index in [1.165, 1.54) is 0 Å². The summed E-state index contributed by atoms with van der Waals surface area (Å²) in [5, 5.41) is 0. The summed E-state index contributed by atoms with van der Waals surface area (Å²) in [5.41, 5.74) is 1.84. The Hall–Kier alpha value is -3.87. The average molecular weight is 431 g/mol. The number of benzene rings is 2. The van der Waals surface area contributed by atoms with Crippen LogP contribution in [-0.2, 0) is 4.79 Å². The zero-order valence-corrected chi connectivity index (χ0v) is 18.3. The van der Waals surface area contributed by atoms with Gasteiger partial charge in [-0.05, 0) is 29.8 Å². The van der Waals surface area contributed by atoms with Crippen molar-refractivity contribution in [1.82, 2.24) is 14.9 Å². The van der Waals surface area contributed by atoms with Gasteiger partial charge in [0.15, 0.2) is 5.82 Å². The molecular weight excluding hydrogens is 404 g/mol. The summed E-state index contributed by atoms with van der Waals surface area (Å²) in [6, 6.07) is 17.4. The Balaban J connectivity index is 1.38. The molecular formula is C25H26N4O3. The molecule has 0 atom stereocenters. The molecule has 0 N–H and O–H groups in total. The molecule has 32 heavy (non-hydrogen) atoms. The molecule has 2 heterocycles. The Bertz CT molecular complexity index is 1070. The predicted molar refractivity (Wildman–Crippen MR) is 125 cm³/mol. The number of rotatable bonds is 6. The molecule has 0 spiro atoms. The number of piperazine rings is 1. The van der Waals surface area contributed by atoms with Crippen molar-refractivity contribution in [3.63, 3.8) is 0 Å². The molecule has 7 heteroatoms. The van der Waals surface area contributed by atoms with Crippen LogP contribution in [0.5, 0.6) is 11.5 Å². The van der Waals surface area contributed by atoms with Gasteiger partial charge in [-0.2, -0.15) is 0 Å². The van der Waals surface area contributed by atoms with Crippen molar-refractivity contribution in [2.45, 2.75) is 0 Å². The molecule has 3 aromatic rings. The maximum absolute atomic E-state index is 12.7. The zero-order chi connectivity index (χ0) is 22.3. The van der Waals surface area contributed by atoms with E-state index < -0.39 is 0 Å². The molecule has 4 rings (SSSR count). The minimum Gasteiger partial charge on any atom is -0.497 e. The van der Waals surface area contributed by atoms with Crippen LogP contribution in [0.25, 0.3) is 17.5 Å². The number of ether oxygens (including phenoxy) is 2. The van der Waals surface area contributed by atoms with E-state index in [0.29, 0.717) is 30.4 Å². The van der Waals surface area contributed by atoms with Gasteiger partial charge >= 0.3 is 0 Å². The lowest BCUT2D eigenvalue weighted by Gasteiger charge is -2.35. The Labute approximate surface area is 187 Å². The molecule has 2 aromatic carbocycles. The molecule has 164 valence electrons. The second-order valence-corrected chi connectivity index (χ2v) is 7.40. The van der Waals surface area contributed by atoms with Crippen LogP contribution in [0.15, 0.2) is 66.9 Å². The van der Waals surface area contributed by atoms with E-state index in [0.717, 1.165) is 30.0 Å². The summed E-state index contributed by atoms with van der Waals surface area (Å²) in [6.07, 6.45) is 5.17. The first-order valence-corrected chi connectivity index (χ1v) is 10.5. The van der Waals surface area contributed by atoms with Gasteiger partial charge in [0.25, 0.3) is 0 Å². The van der Waals surface area contributed by atoms with Crippen molar-refractivity contribution < 1.29 is 14.3 Å². The van der Waals surface area contributed by atoms with Gasteiger partial charge in [-0.25, -0.2) is 9.97 Å². The smallest absolute Gasteiger partial charge is 0.246 e. The van der Waals surface area contributed by atoms with Crippen molar-refractivity contribution in [3.05, 3.63) is 72.4 Å². The highest BCUT2D eigenvalue weighted by Gasteiger charge is 2.21. The number of aromatic nitrogens is 2. The van der Waals surface area contributed by atoms with E-state index in [1.807, 2.05) is 53.4 Å². The minimum atomic E-state index is -0.0147. The quantitative estimate of drug-likeness (QED) is 0.558. The van der Waals surface area contributed by atoms with Crippen molar-refractivity contribution in [1.29, 1.82) is 0 Å². The first-order valence-electron chi connectivity index (χ1n) is 10.5. The SMILES string of the molecule is COc1cc(/C=C/C(=O)N2CCN(c3ccnc(-c4ccccc4)n3)CC2)cc(OC)c1. The molecule has 1 aromatic heterocycles. The molecule has 1 aliphatic heterocycles. The van der Waals surface area contributed by atoms with Gasteiger partial charge in [0.2, 0.25) is 5.91 Å². The van der Waals surface area contributed by atoms with Gasteiger partial charge in [0.05, 0.1) is 14.2 Å². The van der Waals surface area contributed by atoms with Crippen LogP contribution in [0.2, 0.25) is 0 Å². The number of anilines is 1. The van der Waals surface area contributed by atoms with Gasteiger partial charge in [0, 0.05) is 50.1 Å². The molecule has 7 nitrogen and oxygen atoms in total. The van der Waals surface area contributed by atoms with E-state index >= 15 is 0 Å². The summed E-state index contributed by atoms with van der Waals surface area (Å²) < 4.78 is 10.6. The van der Waals surface area contributed by atoms with Crippen LogP contribution < -0.4 is 14.4 Å². The first-order chi connectivity index (χ1) is 15.7. The van der Waals surface area contributed by atoms with Crippen molar-refractivity contribution in [2.24, 2.45) is 0 Å². The number of methoxy groups -OCH3 is 2. The van der Waals surface area contributed by atoms with Crippen molar-refractivity contribution in [2.75, 3.05) is 45.3 Å². The van der Waals surface area contributed by atoms with Gasteiger partial charge in [-0.3, -0.25) is 4.79 Å². The largest absolute Gasteiger partial charge is 0.497 e. The van der Waals surface area contributed by atoms with Gasteiger partial charge in [0.1, 0.15) is 17.3 Å². The highest BCUT2D eigenvalue weighted by Crippen LogP contribution is 2.23. The summed E-state index contributed by atoms with van der Waals surface area (Å²) in [5.74, 6) is 2.94. The molecule has 0 unspecified atom stereocenters. The fraction of sp³-hybridized carbons (Fsp3) is 0.240. The Morgan fingerprint density at radius 3 is 2.28 bits per heavy atom. The molecule has 1 amide bonds. The lowest BCUT2D eigenvalue weighted by Crippen LogP contribution is -2.48. The minimum absolute atomic E-state index is 0.0147. The Kier molecular flexibility index (Phi) is 6.65. The third-order valence-electron chi connectivity index (χ3n) is 5.38. The van der Waals surface area contributed by atoms with Crippen LogP contribution >= 0.6 is 0 Å². The predicted octanol–water partition coefficient (Wildman–Crippen LogP) is 3.52. The Morgan fingerprint density at radius 1 is 0.938 bits per heavy atom. The first kappa shape index (κ1) is 21.4. The molecule has 1 aliphatic rings. The van der Waals surface area contributed by atoms with Gasteiger partial charge in [-0.1, -0.05) is 30.3 Å². The molecule has 0 bridgehead atoms. The number of carbonyl (C=O) groups excluding carboxylic acids is 1. The zero-order valence-electron chi connectivity index (χ0n) is 18.3. The fourth-order valence-electron chi connectivity index (χ4n) is 3.61. The maximum atomic E-state index is 12.7. The average Bonchev–Trinajstić information content (AvgIpc) is 2.87. The third kappa shape index (κ3) is 5.06. The van der Waals surface area contributed by atoms with Crippen LogP contribution in [0.3, 0.4) is 0 Å². The van der Waals surface area contributed by atoms with E-state index in [-0.39, 0.29) is 5.91 Å². The number of hydrogen-bond donors (Lipinski definition) is 0. The van der Waals surface area contributed by atoms with Crippen LogP contribution in [-0.4, -0.2) is 61.2 Å². The van der Waals surface area contributed by atoms with E-state index in [1.54, 1.807) is 38.6 Å². The second-order valence-electron chi connectivity index (χ2n) is 7.40. The molecule has 1 saturated heterocycles. The van der Waals surface area contributed by atoms with Crippen molar-refractivity contribution >= 4 is 17.8 Å². The van der Waals surface area contributed by atoms with Gasteiger partial charge in [-0.15, -0.1) is 0 Å². The molecule has 0 saturated carbocycles. The lowest BCUT2D eigenvalue weighted by molar-refractivity contribution is -0.126. The molecule has 0 aliphatic carbocycles. The summed E-state index contributed by atoms with van der Waals surface area (Å²) >= 11 is 0. The van der Waals surface area contributed by atoms with E-state index in [4.69, 9.17) is 14.5 Å².